The van der Waals surface area contributed by atoms with E-state index in [1.807, 2.05) is 19.7 Å². The molecule has 0 saturated heterocycles. The van der Waals surface area contributed by atoms with Gasteiger partial charge in [0.05, 0.1) is 0 Å². The van der Waals surface area contributed by atoms with Crippen molar-refractivity contribution in [2.75, 3.05) is 0 Å². The van der Waals surface area contributed by atoms with Gasteiger partial charge in [-0.3, -0.25) is 0 Å². The smallest absolute Gasteiger partial charge is 0.0160 e. The van der Waals surface area contributed by atoms with Crippen LogP contribution in [0.15, 0.2) is 0 Å². The zero-order valence-electron chi connectivity index (χ0n) is 13.4. The second-order valence-electron chi connectivity index (χ2n) is 8.06. The minimum atomic E-state index is 0.610. The number of hydrogen-bond acceptors (Lipinski definition) is 4. The van der Waals surface area contributed by atoms with Gasteiger partial charge >= 0.3 is 0 Å². The molecule has 0 N–H and O–H groups in total. The van der Waals surface area contributed by atoms with Crippen LogP contribution in [0.5, 0.6) is 0 Å². The van der Waals surface area contributed by atoms with Crippen LogP contribution >= 0.6 is 41.2 Å². The Morgan fingerprint density at radius 2 is 0.900 bits per heavy atom. The topological polar surface area (TPSA) is 0 Å². The lowest BCUT2D eigenvalue weighted by atomic mass is 9.77. The molecule has 0 aromatic heterocycles. The Labute approximate surface area is 141 Å². The molecule has 0 aliphatic heterocycles. The molecule has 118 valence electrons. The first-order valence-corrected chi connectivity index (χ1v) is 13.0. The van der Waals surface area contributed by atoms with Crippen molar-refractivity contribution in [1.82, 2.24) is 0 Å². The van der Waals surface area contributed by atoms with Crippen molar-refractivity contribution in [3.05, 3.63) is 0 Å². The standard InChI is InChI=1S/C16H30S4/c1-15(2)9-5-13(6-10-15)17-19-20-18-14-7-11-16(3,4)12-8-14/h13-14H,5-12H2,1-4H3. The van der Waals surface area contributed by atoms with Crippen LogP contribution in [0.1, 0.15) is 79.1 Å². The zero-order chi connectivity index (χ0) is 14.6. The van der Waals surface area contributed by atoms with Gasteiger partial charge in [-0.15, -0.1) is 0 Å². The fourth-order valence-corrected chi connectivity index (χ4v) is 10.5. The van der Waals surface area contributed by atoms with Crippen molar-refractivity contribution in [2.24, 2.45) is 10.8 Å². The fourth-order valence-electron chi connectivity index (χ4n) is 3.08. The van der Waals surface area contributed by atoms with E-state index in [0.29, 0.717) is 10.8 Å². The van der Waals surface area contributed by atoms with Gasteiger partial charge in [-0.2, -0.15) is 0 Å². The summed E-state index contributed by atoms with van der Waals surface area (Å²) < 4.78 is 0. The molecule has 0 bridgehead atoms. The molecule has 0 aromatic carbocycles. The molecule has 0 radical (unpaired) electrons. The van der Waals surface area contributed by atoms with E-state index < -0.39 is 0 Å². The fraction of sp³-hybridized carbons (Fsp3) is 1.00. The van der Waals surface area contributed by atoms with Crippen LogP contribution in [0, 0.1) is 10.8 Å². The van der Waals surface area contributed by atoms with Crippen LogP contribution in [0.4, 0.5) is 0 Å². The van der Waals surface area contributed by atoms with Gasteiger partial charge in [-0.25, -0.2) is 0 Å². The molecule has 0 atom stereocenters. The highest BCUT2D eigenvalue weighted by Crippen LogP contribution is 2.53. The van der Waals surface area contributed by atoms with Crippen molar-refractivity contribution in [2.45, 2.75) is 89.6 Å². The maximum atomic E-state index is 2.43. The lowest BCUT2D eigenvalue weighted by Gasteiger charge is -2.34. The molecule has 2 rings (SSSR count). The predicted molar refractivity (Wildman–Crippen MR) is 102 cm³/mol. The van der Waals surface area contributed by atoms with E-state index in [0.717, 1.165) is 10.5 Å². The van der Waals surface area contributed by atoms with Gasteiger partial charge in [-0.1, -0.05) is 49.3 Å². The highest BCUT2D eigenvalue weighted by molar-refractivity contribution is 9.26. The molecule has 0 heterocycles. The SMILES string of the molecule is CC1(C)CCC(SSSSC2CCC(C)(C)CC2)CC1. The van der Waals surface area contributed by atoms with Crippen molar-refractivity contribution in [1.29, 1.82) is 0 Å². The van der Waals surface area contributed by atoms with Crippen molar-refractivity contribution < 1.29 is 0 Å². The Kier molecular flexibility index (Phi) is 6.91. The maximum absolute atomic E-state index is 2.43. The summed E-state index contributed by atoms with van der Waals surface area (Å²) in [6, 6.07) is 0. The van der Waals surface area contributed by atoms with Gasteiger partial charge < -0.3 is 0 Å². The molecule has 2 saturated carbocycles. The molecule has 0 spiro atoms. The van der Waals surface area contributed by atoms with Crippen LogP contribution in [0.2, 0.25) is 0 Å². The molecule has 0 aromatic rings. The van der Waals surface area contributed by atoms with E-state index in [1.165, 1.54) is 51.4 Å². The highest BCUT2D eigenvalue weighted by atomic mass is 33.7. The van der Waals surface area contributed by atoms with Gasteiger partial charge in [0.15, 0.2) is 0 Å². The van der Waals surface area contributed by atoms with Gasteiger partial charge in [-0.05, 0) is 81.8 Å². The third kappa shape index (κ3) is 6.26. The summed E-state index contributed by atoms with van der Waals surface area (Å²) in [5.41, 5.74) is 1.22. The van der Waals surface area contributed by atoms with E-state index in [4.69, 9.17) is 0 Å². The monoisotopic (exact) mass is 350 g/mol. The van der Waals surface area contributed by atoms with Crippen molar-refractivity contribution >= 4 is 41.2 Å². The average Bonchev–Trinajstić information content (AvgIpc) is 2.38. The third-order valence-electron chi connectivity index (χ3n) is 4.95. The van der Waals surface area contributed by atoms with Crippen molar-refractivity contribution in [3.63, 3.8) is 0 Å². The second-order valence-corrected chi connectivity index (χ2v) is 14.5. The first kappa shape index (κ1) is 17.7. The van der Waals surface area contributed by atoms with Gasteiger partial charge in [0.2, 0.25) is 0 Å². The zero-order valence-corrected chi connectivity index (χ0v) is 16.7. The van der Waals surface area contributed by atoms with E-state index >= 15 is 0 Å². The van der Waals surface area contributed by atoms with Gasteiger partial charge in [0.1, 0.15) is 0 Å². The molecule has 0 amide bonds. The Morgan fingerprint density at radius 1 is 0.600 bits per heavy atom. The molecule has 0 nitrogen and oxygen atoms in total. The molecular formula is C16H30S4. The van der Waals surface area contributed by atoms with Crippen LogP contribution in [0.3, 0.4) is 0 Å². The average molecular weight is 351 g/mol. The highest BCUT2D eigenvalue weighted by Gasteiger charge is 2.28. The summed E-state index contributed by atoms with van der Waals surface area (Å²) in [4.78, 5) is 0. The third-order valence-corrected chi connectivity index (χ3v) is 12.3. The van der Waals surface area contributed by atoms with Gasteiger partial charge in [0.25, 0.3) is 0 Å². The van der Waals surface area contributed by atoms with Crippen LogP contribution in [-0.4, -0.2) is 10.5 Å². The first-order valence-electron chi connectivity index (χ1n) is 8.02. The molecule has 2 aliphatic carbocycles. The minimum absolute atomic E-state index is 0.610. The largest absolute Gasteiger partial charge is 0.0783 e. The lowest BCUT2D eigenvalue weighted by Crippen LogP contribution is -2.22. The van der Waals surface area contributed by atoms with E-state index in [1.54, 1.807) is 0 Å². The Bertz CT molecular complexity index is 251. The van der Waals surface area contributed by atoms with Gasteiger partial charge in [0, 0.05) is 10.5 Å². The van der Waals surface area contributed by atoms with Crippen molar-refractivity contribution in [3.8, 4) is 0 Å². The molecule has 2 fully saturated rings. The molecule has 0 unspecified atom stereocenters. The molecule has 2 aliphatic rings. The summed E-state index contributed by atoms with van der Waals surface area (Å²) in [5, 5.41) is 1.82. The normalized spacial score (nSPS) is 27.6. The summed E-state index contributed by atoms with van der Waals surface area (Å²) in [6.45, 7) is 9.71. The number of hydrogen-bond donors (Lipinski definition) is 0. The van der Waals surface area contributed by atoms with E-state index in [-0.39, 0.29) is 0 Å². The molecule has 20 heavy (non-hydrogen) atoms. The number of rotatable bonds is 5. The predicted octanol–water partition coefficient (Wildman–Crippen LogP) is 7.60. The quantitative estimate of drug-likeness (QED) is 0.369. The van der Waals surface area contributed by atoms with E-state index in [9.17, 15) is 0 Å². The Hall–Kier alpha value is 1.40. The van der Waals surface area contributed by atoms with E-state index in [2.05, 4.69) is 49.3 Å². The first-order chi connectivity index (χ1) is 9.36. The minimum Gasteiger partial charge on any atom is -0.0783 e. The second kappa shape index (κ2) is 7.79. The maximum Gasteiger partial charge on any atom is 0.0160 e. The summed E-state index contributed by atoms with van der Waals surface area (Å²) in [5.74, 6) is 0. The Morgan fingerprint density at radius 3 is 1.20 bits per heavy atom. The summed E-state index contributed by atoms with van der Waals surface area (Å²) in [7, 11) is 8.39. The molecular weight excluding hydrogens is 320 g/mol. The molecule has 4 heteroatoms. The summed E-state index contributed by atoms with van der Waals surface area (Å²) >= 11 is 0. The summed E-state index contributed by atoms with van der Waals surface area (Å²) in [6.07, 6.45) is 11.4. The van der Waals surface area contributed by atoms with Crippen LogP contribution in [-0.2, 0) is 0 Å². The van der Waals surface area contributed by atoms with Crippen LogP contribution in [0.25, 0.3) is 0 Å². The van der Waals surface area contributed by atoms with Crippen LogP contribution < -0.4 is 0 Å². The Balaban J connectivity index is 1.52. The lowest BCUT2D eigenvalue weighted by molar-refractivity contribution is 0.249.